The highest BCUT2D eigenvalue weighted by Gasteiger charge is 2.45. The first-order chi connectivity index (χ1) is 6.10. The van der Waals surface area contributed by atoms with Crippen LogP contribution in [0.1, 0.15) is 39.0 Å². The fourth-order valence-electron chi connectivity index (χ4n) is 2.69. The molecule has 1 unspecified atom stereocenters. The zero-order chi connectivity index (χ0) is 9.47. The van der Waals surface area contributed by atoms with Crippen molar-refractivity contribution in [1.29, 1.82) is 0 Å². The molecule has 1 aliphatic heterocycles. The predicted molar refractivity (Wildman–Crippen MR) is 45.8 cm³/mol. The van der Waals surface area contributed by atoms with Gasteiger partial charge in [-0.05, 0) is 24.2 Å². The van der Waals surface area contributed by atoms with Crippen molar-refractivity contribution in [3.8, 4) is 0 Å². The number of rotatable bonds is 0. The van der Waals surface area contributed by atoms with E-state index in [1.807, 2.05) is 0 Å². The van der Waals surface area contributed by atoms with Crippen LogP contribution in [0.2, 0.25) is 0 Å². The van der Waals surface area contributed by atoms with Gasteiger partial charge in [0.1, 0.15) is 0 Å². The van der Waals surface area contributed by atoms with Crippen LogP contribution in [0.3, 0.4) is 0 Å². The average molecular weight is 182 g/mol. The zero-order valence-corrected chi connectivity index (χ0v) is 7.84. The van der Waals surface area contributed by atoms with Gasteiger partial charge >= 0.3 is 11.9 Å². The average Bonchev–Trinajstić information content (AvgIpc) is 2.28. The van der Waals surface area contributed by atoms with E-state index in [-0.39, 0.29) is 17.4 Å². The van der Waals surface area contributed by atoms with Crippen molar-refractivity contribution in [2.75, 3.05) is 0 Å². The maximum atomic E-state index is 11.1. The number of carbonyl (C=O) groups excluding carboxylic acids is 2. The van der Waals surface area contributed by atoms with Crippen LogP contribution in [-0.4, -0.2) is 11.9 Å². The van der Waals surface area contributed by atoms with Gasteiger partial charge in [-0.1, -0.05) is 13.3 Å². The molecule has 0 aromatic heterocycles. The van der Waals surface area contributed by atoms with Crippen molar-refractivity contribution in [2.45, 2.75) is 39.0 Å². The summed E-state index contributed by atoms with van der Waals surface area (Å²) in [5.74, 6) is -0.00519. The van der Waals surface area contributed by atoms with Crippen LogP contribution in [0.5, 0.6) is 0 Å². The Morgan fingerprint density at radius 2 is 1.92 bits per heavy atom. The molecule has 1 saturated heterocycles. The fraction of sp³-hybridized carbons (Fsp3) is 0.800. The van der Waals surface area contributed by atoms with Crippen LogP contribution in [0.15, 0.2) is 0 Å². The van der Waals surface area contributed by atoms with Crippen molar-refractivity contribution in [1.82, 2.24) is 0 Å². The summed E-state index contributed by atoms with van der Waals surface area (Å²) in [5, 5.41) is 0. The van der Waals surface area contributed by atoms with E-state index in [0.717, 1.165) is 19.3 Å². The van der Waals surface area contributed by atoms with Gasteiger partial charge in [-0.3, -0.25) is 9.59 Å². The van der Waals surface area contributed by atoms with Gasteiger partial charge < -0.3 is 4.74 Å². The Labute approximate surface area is 77.4 Å². The van der Waals surface area contributed by atoms with E-state index < -0.39 is 0 Å². The molecular formula is C10H14O3. The van der Waals surface area contributed by atoms with Gasteiger partial charge in [-0.15, -0.1) is 0 Å². The molecule has 0 radical (unpaired) electrons. The Balaban J connectivity index is 2.14. The number of carbonyl (C=O) groups is 2. The smallest absolute Gasteiger partial charge is 0.314 e. The molecular weight excluding hydrogens is 168 g/mol. The third kappa shape index (κ3) is 1.60. The van der Waals surface area contributed by atoms with Crippen molar-refractivity contribution >= 4 is 11.9 Å². The number of cyclic esters (lactones) is 2. The van der Waals surface area contributed by atoms with Gasteiger partial charge in [-0.2, -0.15) is 0 Å². The van der Waals surface area contributed by atoms with Gasteiger partial charge in [0.05, 0.1) is 12.8 Å². The molecule has 0 aromatic carbocycles. The zero-order valence-electron chi connectivity index (χ0n) is 7.84. The molecule has 2 rings (SSSR count). The second-order valence-corrected chi connectivity index (χ2v) is 4.55. The van der Waals surface area contributed by atoms with Crippen molar-refractivity contribution < 1.29 is 14.3 Å². The maximum absolute atomic E-state index is 11.1. The normalized spacial score (nSPS) is 32.2. The highest BCUT2D eigenvalue weighted by molar-refractivity contribution is 5.89. The topological polar surface area (TPSA) is 43.4 Å². The van der Waals surface area contributed by atoms with Crippen molar-refractivity contribution in [3.63, 3.8) is 0 Å². The lowest BCUT2D eigenvalue weighted by atomic mass is 9.78. The minimum absolute atomic E-state index is 0.0359. The summed E-state index contributed by atoms with van der Waals surface area (Å²) in [7, 11) is 0. The molecule has 0 N–H and O–H groups in total. The monoisotopic (exact) mass is 182 g/mol. The van der Waals surface area contributed by atoms with Crippen molar-refractivity contribution in [2.24, 2.45) is 11.3 Å². The van der Waals surface area contributed by atoms with Crippen LogP contribution < -0.4 is 0 Å². The molecule has 0 bridgehead atoms. The number of hydrogen-bond acceptors (Lipinski definition) is 3. The van der Waals surface area contributed by atoms with Gasteiger partial charge in [-0.25, -0.2) is 0 Å². The lowest BCUT2D eigenvalue weighted by Crippen LogP contribution is -2.33. The van der Waals surface area contributed by atoms with Crippen LogP contribution >= 0.6 is 0 Å². The standard InChI is InChI=1S/C10H14O3/c1-7-2-3-10(4-7)5-8(11)13-9(12)6-10/h7H,2-6H2,1H3. The maximum Gasteiger partial charge on any atom is 0.314 e. The first-order valence-corrected chi connectivity index (χ1v) is 4.83. The van der Waals surface area contributed by atoms with E-state index in [4.69, 9.17) is 0 Å². The third-order valence-electron chi connectivity index (χ3n) is 3.22. The highest BCUT2D eigenvalue weighted by Crippen LogP contribution is 2.48. The Morgan fingerprint density at radius 1 is 1.31 bits per heavy atom. The number of ether oxygens (including phenoxy) is 1. The third-order valence-corrected chi connectivity index (χ3v) is 3.22. The van der Waals surface area contributed by atoms with Gasteiger partial charge in [0.25, 0.3) is 0 Å². The molecule has 3 nitrogen and oxygen atoms in total. The molecule has 13 heavy (non-hydrogen) atoms. The number of hydrogen-bond donors (Lipinski definition) is 0. The SMILES string of the molecule is CC1CCC2(CC(=O)OC(=O)C2)C1. The summed E-state index contributed by atoms with van der Waals surface area (Å²) < 4.78 is 4.53. The van der Waals surface area contributed by atoms with Gasteiger partial charge in [0, 0.05) is 0 Å². The first kappa shape index (κ1) is 8.73. The van der Waals surface area contributed by atoms with Crippen LogP contribution in [-0.2, 0) is 14.3 Å². The molecule has 3 heteroatoms. The number of esters is 2. The Hall–Kier alpha value is -0.860. The molecule has 1 spiro atoms. The summed E-state index contributed by atoms with van der Waals surface area (Å²) in [6, 6.07) is 0. The largest absolute Gasteiger partial charge is 0.393 e. The van der Waals surface area contributed by atoms with E-state index in [1.54, 1.807) is 0 Å². The van der Waals surface area contributed by atoms with E-state index >= 15 is 0 Å². The summed E-state index contributed by atoms with van der Waals surface area (Å²) in [6.07, 6.45) is 4.05. The van der Waals surface area contributed by atoms with E-state index in [9.17, 15) is 9.59 Å². The molecule has 1 atom stereocenters. The Morgan fingerprint density at radius 3 is 2.38 bits per heavy atom. The molecule has 1 aliphatic carbocycles. The summed E-state index contributed by atoms with van der Waals surface area (Å²) in [6.45, 7) is 2.18. The van der Waals surface area contributed by atoms with E-state index in [0.29, 0.717) is 18.8 Å². The molecule has 1 heterocycles. The van der Waals surface area contributed by atoms with Gasteiger partial charge in [0.15, 0.2) is 0 Å². The molecule has 0 amide bonds. The predicted octanol–water partition coefficient (Wildman–Crippen LogP) is 1.66. The summed E-state index contributed by atoms with van der Waals surface area (Å²) in [4.78, 5) is 22.2. The Bertz CT molecular complexity index is 241. The molecule has 2 aliphatic rings. The van der Waals surface area contributed by atoms with Crippen LogP contribution in [0.25, 0.3) is 0 Å². The van der Waals surface area contributed by atoms with Crippen molar-refractivity contribution in [3.05, 3.63) is 0 Å². The van der Waals surface area contributed by atoms with Crippen LogP contribution in [0.4, 0.5) is 0 Å². The van der Waals surface area contributed by atoms with Crippen LogP contribution in [0, 0.1) is 11.3 Å². The quantitative estimate of drug-likeness (QED) is 0.422. The molecule has 0 aromatic rings. The van der Waals surface area contributed by atoms with Gasteiger partial charge in [0.2, 0.25) is 0 Å². The van der Waals surface area contributed by atoms with E-state index in [1.165, 1.54) is 0 Å². The fourth-order valence-corrected chi connectivity index (χ4v) is 2.69. The molecule has 72 valence electrons. The van der Waals surface area contributed by atoms with E-state index in [2.05, 4.69) is 11.7 Å². The Kier molecular flexibility index (Phi) is 1.90. The summed E-state index contributed by atoms with van der Waals surface area (Å²) >= 11 is 0. The lowest BCUT2D eigenvalue weighted by Gasteiger charge is -2.30. The second-order valence-electron chi connectivity index (χ2n) is 4.55. The second kappa shape index (κ2) is 2.82. The highest BCUT2D eigenvalue weighted by atomic mass is 16.6. The minimum Gasteiger partial charge on any atom is -0.393 e. The lowest BCUT2D eigenvalue weighted by molar-refractivity contribution is -0.169. The molecule has 1 saturated carbocycles. The minimum atomic E-state index is -0.328. The molecule has 2 fully saturated rings. The summed E-state index contributed by atoms with van der Waals surface area (Å²) in [5.41, 5.74) is -0.0359. The first-order valence-electron chi connectivity index (χ1n) is 4.83.